The summed E-state index contributed by atoms with van der Waals surface area (Å²) in [7, 11) is 0. The van der Waals surface area contributed by atoms with Crippen molar-refractivity contribution in [3.63, 3.8) is 0 Å². The Morgan fingerprint density at radius 3 is 2.46 bits per heavy atom. The largest absolute Gasteiger partial charge is 0.390 e. The number of halogens is 3. The zero-order chi connectivity index (χ0) is 9.90. The van der Waals surface area contributed by atoms with E-state index in [2.05, 4.69) is 10.6 Å². The van der Waals surface area contributed by atoms with E-state index in [1.54, 1.807) is 0 Å². The lowest BCUT2D eigenvalue weighted by Gasteiger charge is -2.10. The van der Waals surface area contributed by atoms with Gasteiger partial charge in [-0.3, -0.25) is 0 Å². The summed E-state index contributed by atoms with van der Waals surface area (Å²) in [6, 6.07) is 0.380. The molecule has 0 radical (unpaired) electrons. The molecule has 0 aromatic rings. The molecule has 0 aromatic carbocycles. The molecule has 0 amide bonds. The lowest BCUT2D eigenvalue weighted by molar-refractivity contribution is -0.132. The Hall–Kier alpha value is -0.520. The third-order valence-corrected chi connectivity index (χ3v) is 1.87. The molecule has 0 aliphatic heterocycles. The van der Waals surface area contributed by atoms with E-state index in [0.717, 1.165) is 12.8 Å². The molecule has 0 unspecified atom stereocenters. The number of thiocarbonyl (C=S) groups is 1. The van der Waals surface area contributed by atoms with Crippen LogP contribution in [0.3, 0.4) is 0 Å². The van der Waals surface area contributed by atoms with Crippen LogP contribution in [0.4, 0.5) is 13.2 Å². The first kappa shape index (κ1) is 10.6. The number of alkyl halides is 3. The summed E-state index contributed by atoms with van der Waals surface area (Å²) in [5.41, 5.74) is 0. The SMILES string of the molecule is FC(F)(F)CCNC(=S)NC1CC1. The third kappa shape index (κ3) is 5.68. The Balaban J connectivity index is 2.01. The summed E-state index contributed by atoms with van der Waals surface area (Å²) in [6.45, 7) is -0.151. The molecule has 76 valence electrons. The van der Waals surface area contributed by atoms with E-state index >= 15 is 0 Å². The van der Waals surface area contributed by atoms with Crippen LogP contribution in [0.25, 0.3) is 0 Å². The van der Waals surface area contributed by atoms with Crippen LogP contribution in [-0.4, -0.2) is 23.9 Å². The van der Waals surface area contributed by atoms with Crippen LogP contribution in [0.1, 0.15) is 19.3 Å². The van der Waals surface area contributed by atoms with Crippen LogP contribution < -0.4 is 10.6 Å². The average Bonchev–Trinajstić information content (AvgIpc) is 2.68. The van der Waals surface area contributed by atoms with E-state index in [9.17, 15) is 13.2 Å². The first-order valence-electron chi connectivity index (χ1n) is 4.08. The fourth-order valence-corrected chi connectivity index (χ4v) is 1.05. The topological polar surface area (TPSA) is 24.1 Å². The van der Waals surface area contributed by atoms with Crippen molar-refractivity contribution in [1.29, 1.82) is 0 Å². The van der Waals surface area contributed by atoms with Crippen LogP contribution in [0, 0.1) is 0 Å². The molecule has 1 aliphatic carbocycles. The molecule has 2 nitrogen and oxygen atoms in total. The molecule has 0 heterocycles. The zero-order valence-electron chi connectivity index (χ0n) is 6.95. The molecule has 1 saturated carbocycles. The molecule has 0 bridgehead atoms. The lowest BCUT2D eigenvalue weighted by Crippen LogP contribution is -2.38. The van der Waals surface area contributed by atoms with E-state index < -0.39 is 12.6 Å². The fraction of sp³-hybridized carbons (Fsp3) is 0.857. The highest BCUT2D eigenvalue weighted by Crippen LogP contribution is 2.19. The minimum Gasteiger partial charge on any atom is -0.362 e. The van der Waals surface area contributed by atoms with Crippen molar-refractivity contribution >= 4 is 17.3 Å². The Bertz CT molecular complexity index is 189. The Kier molecular flexibility index (Phi) is 3.35. The summed E-state index contributed by atoms with van der Waals surface area (Å²) in [4.78, 5) is 0. The fourth-order valence-electron chi connectivity index (χ4n) is 0.782. The van der Waals surface area contributed by atoms with Gasteiger partial charge in [-0.15, -0.1) is 0 Å². The Morgan fingerprint density at radius 1 is 1.38 bits per heavy atom. The summed E-state index contributed by atoms with van der Waals surface area (Å²) in [6.07, 6.45) is -2.84. The van der Waals surface area contributed by atoms with Gasteiger partial charge in [-0.25, -0.2) is 0 Å². The number of hydrogen-bond donors (Lipinski definition) is 2. The maximum Gasteiger partial charge on any atom is 0.390 e. The molecule has 2 N–H and O–H groups in total. The Labute approximate surface area is 79.9 Å². The highest BCUT2D eigenvalue weighted by atomic mass is 32.1. The van der Waals surface area contributed by atoms with Gasteiger partial charge < -0.3 is 10.6 Å². The van der Waals surface area contributed by atoms with E-state index in [-0.39, 0.29) is 6.54 Å². The average molecular weight is 212 g/mol. The van der Waals surface area contributed by atoms with Crippen LogP contribution in [0.2, 0.25) is 0 Å². The first-order valence-corrected chi connectivity index (χ1v) is 4.49. The van der Waals surface area contributed by atoms with Crippen molar-refractivity contribution < 1.29 is 13.2 Å². The van der Waals surface area contributed by atoms with Crippen molar-refractivity contribution in [2.75, 3.05) is 6.54 Å². The summed E-state index contributed by atoms with van der Waals surface area (Å²) < 4.78 is 35.0. The standard InChI is InChI=1S/C7H11F3N2S/c8-7(9,10)3-4-11-6(13)12-5-1-2-5/h5H,1-4H2,(H2,11,12,13). The maximum atomic E-state index is 11.7. The second kappa shape index (κ2) is 4.13. The molecule has 1 fully saturated rings. The Morgan fingerprint density at radius 2 is 2.00 bits per heavy atom. The number of rotatable bonds is 3. The van der Waals surface area contributed by atoms with E-state index in [1.165, 1.54) is 0 Å². The van der Waals surface area contributed by atoms with Crippen LogP contribution in [0.15, 0.2) is 0 Å². The smallest absolute Gasteiger partial charge is 0.362 e. The molecule has 1 aliphatic rings. The first-order chi connectivity index (χ1) is 5.97. The van der Waals surface area contributed by atoms with E-state index in [0.29, 0.717) is 11.2 Å². The van der Waals surface area contributed by atoms with Gasteiger partial charge in [0.05, 0.1) is 6.42 Å². The van der Waals surface area contributed by atoms with Gasteiger partial charge in [-0.05, 0) is 25.1 Å². The van der Waals surface area contributed by atoms with Crippen molar-refractivity contribution in [3.05, 3.63) is 0 Å². The molecule has 1 rings (SSSR count). The van der Waals surface area contributed by atoms with Crippen LogP contribution in [0.5, 0.6) is 0 Å². The van der Waals surface area contributed by atoms with E-state index in [4.69, 9.17) is 12.2 Å². The predicted octanol–water partition coefficient (Wildman–Crippen LogP) is 1.57. The van der Waals surface area contributed by atoms with Gasteiger partial charge in [-0.1, -0.05) is 0 Å². The van der Waals surface area contributed by atoms with E-state index in [1.807, 2.05) is 0 Å². The quantitative estimate of drug-likeness (QED) is 0.694. The molecule has 13 heavy (non-hydrogen) atoms. The second-order valence-electron chi connectivity index (χ2n) is 3.04. The maximum absolute atomic E-state index is 11.7. The van der Waals surface area contributed by atoms with Gasteiger partial charge in [0.2, 0.25) is 0 Å². The molecule has 0 atom stereocenters. The van der Waals surface area contributed by atoms with Crippen molar-refractivity contribution in [1.82, 2.24) is 10.6 Å². The van der Waals surface area contributed by atoms with Gasteiger partial charge in [0.25, 0.3) is 0 Å². The molecule has 0 aromatic heterocycles. The van der Waals surface area contributed by atoms with Gasteiger partial charge in [0, 0.05) is 12.6 Å². The minimum atomic E-state index is -4.11. The van der Waals surface area contributed by atoms with Crippen LogP contribution in [-0.2, 0) is 0 Å². The van der Waals surface area contributed by atoms with Crippen molar-refractivity contribution in [3.8, 4) is 0 Å². The van der Waals surface area contributed by atoms with Crippen molar-refractivity contribution in [2.24, 2.45) is 0 Å². The molecular weight excluding hydrogens is 201 g/mol. The van der Waals surface area contributed by atoms with Gasteiger partial charge in [-0.2, -0.15) is 13.2 Å². The molecule has 0 saturated heterocycles. The predicted molar refractivity (Wildman–Crippen MR) is 47.4 cm³/mol. The summed E-state index contributed by atoms with van der Waals surface area (Å²) in [5.74, 6) is 0. The number of nitrogens with one attached hydrogen (secondary N) is 2. The third-order valence-electron chi connectivity index (χ3n) is 1.61. The van der Waals surface area contributed by atoms with Gasteiger partial charge in [0.15, 0.2) is 5.11 Å². The zero-order valence-corrected chi connectivity index (χ0v) is 7.76. The van der Waals surface area contributed by atoms with Crippen molar-refractivity contribution in [2.45, 2.75) is 31.5 Å². The minimum absolute atomic E-state index is 0.151. The second-order valence-corrected chi connectivity index (χ2v) is 3.45. The molecule has 0 spiro atoms. The van der Waals surface area contributed by atoms with Gasteiger partial charge in [0.1, 0.15) is 0 Å². The summed E-state index contributed by atoms with van der Waals surface area (Å²) >= 11 is 4.77. The number of hydrogen-bond acceptors (Lipinski definition) is 1. The molecule has 6 heteroatoms. The molecular formula is C7H11F3N2S. The highest BCUT2D eigenvalue weighted by Gasteiger charge is 2.27. The summed E-state index contributed by atoms with van der Waals surface area (Å²) in [5, 5.41) is 5.73. The van der Waals surface area contributed by atoms with Gasteiger partial charge >= 0.3 is 6.18 Å². The normalized spacial score (nSPS) is 16.8. The highest BCUT2D eigenvalue weighted by molar-refractivity contribution is 7.80. The monoisotopic (exact) mass is 212 g/mol. The lowest BCUT2D eigenvalue weighted by atomic mass is 10.4. The van der Waals surface area contributed by atoms with Crippen LogP contribution >= 0.6 is 12.2 Å².